The maximum absolute atomic E-state index is 12.1. The second-order valence-corrected chi connectivity index (χ2v) is 10.9. The Hall–Kier alpha value is -3.09. The van der Waals surface area contributed by atoms with Crippen molar-refractivity contribution >= 4 is 5.97 Å². The van der Waals surface area contributed by atoms with Gasteiger partial charge in [0.2, 0.25) is 0 Å². The van der Waals surface area contributed by atoms with Crippen molar-refractivity contribution < 1.29 is 14.6 Å². The van der Waals surface area contributed by atoms with Crippen LogP contribution in [0, 0.1) is 5.92 Å². The van der Waals surface area contributed by atoms with Crippen molar-refractivity contribution in [2.75, 3.05) is 26.7 Å². The average molecular weight is 530 g/mol. The molecular weight excluding hydrogens is 486 g/mol. The maximum atomic E-state index is 12.1. The average Bonchev–Trinajstić information content (AvgIpc) is 2.97. The monoisotopic (exact) mass is 529 g/mol. The first kappa shape index (κ1) is 28.9. The second-order valence-electron chi connectivity index (χ2n) is 10.9. The van der Waals surface area contributed by atoms with E-state index in [4.69, 9.17) is 9.72 Å². The molecule has 6 heteroatoms. The molecule has 0 aliphatic heterocycles. The second kappa shape index (κ2) is 14.9. The van der Waals surface area contributed by atoms with Crippen molar-refractivity contribution in [1.29, 1.82) is 0 Å². The minimum Gasteiger partial charge on any atom is -0.481 e. The summed E-state index contributed by atoms with van der Waals surface area (Å²) < 4.78 is 5.53. The van der Waals surface area contributed by atoms with Gasteiger partial charge in [-0.2, -0.15) is 0 Å². The van der Waals surface area contributed by atoms with Gasteiger partial charge in [0.05, 0.1) is 12.0 Å². The van der Waals surface area contributed by atoms with Gasteiger partial charge < -0.3 is 14.7 Å². The third-order valence-corrected chi connectivity index (χ3v) is 7.84. The molecule has 0 saturated carbocycles. The molecular formula is C33H43N3O3. The molecule has 0 saturated heterocycles. The van der Waals surface area contributed by atoms with Crippen LogP contribution in [0.3, 0.4) is 0 Å². The van der Waals surface area contributed by atoms with Gasteiger partial charge in [-0.3, -0.25) is 14.8 Å². The topological polar surface area (TPSA) is 75.5 Å². The molecule has 2 aromatic heterocycles. The Morgan fingerprint density at radius 2 is 1.77 bits per heavy atom. The molecule has 39 heavy (non-hydrogen) atoms. The molecule has 4 rings (SSSR count). The fourth-order valence-electron chi connectivity index (χ4n) is 5.39. The van der Waals surface area contributed by atoms with E-state index in [1.54, 1.807) is 7.11 Å². The first-order valence-electron chi connectivity index (χ1n) is 14.5. The molecule has 6 nitrogen and oxygen atoms in total. The van der Waals surface area contributed by atoms with Crippen molar-refractivity contribution in [2.45, 2.75) is 70.8 Å². The molecule has 1 aliphatic rings. The summed E-state index contributed by atoms with van der Waals surface area (Å²) in [5.74, 6) is -1.23. The van der Waals surface area contributed by atoms with Crippen molar-refractivity contribution in [3.8, 4) is 11.1 Å². The molecule has 3 aromatic rings. The van der Waals surface area contributed by atoms with Gasteiger partial charge in [-0.25, -0.2) is 0 Å². The number of benzene rings is 1. The van der Waals surface area contributed by atoms with Crippen LogP contribution in [0.1, 0.15) is 61.7 Å². The Morgan fingerprint density at radius 1 is 0.974 bits per heavy atom. The molecule has 0 bridgehead atoms. The summed E-state index contributed by atoms with van der Waals surface area (Å²) in [7, 11) is 1.73. The Morgan fingerprint density at radius 3 is 2.51 bits per heavy atom. The van der Waals surface area contributed by atoms with Gasteiger partial charge in [0.1, 0.15) is 0 Å². The van der Waals surface area contributed by atoms with E-state index in [9.17, 15) is 9.90 Å². The number of ether oxygens (including phenoxy) is 1. The summed E-state index contributed by atoms with van der Waals surface area (Å²) in [6.07, 6.45) is 10.9. The summed E-state index contributed by atoms with van der Waals surface area (Å²) in [6, 6.07) is 18.6. The van der Waals surface area contributed by atoms with E-state index in [-0.39, 0.29) is 6.10 Å². The van der Waals surface area contributed by atoms with Crippen LogP contribution in [0.2, 0.25) is 0 Å². The largest absolute Gasteiger partial charge is 0.481 e. The van der Waals surface area contributed by atoms with Gasteiger partial charge in [0.15, 0.2) is 0 Å². The van der Waals surface area contributed by atoms with Crippen LogP contribution in [-0.2, 0) is 35.2 Å². The lowest BCUT2D eigenvalue weighted by atomic mass is 9.95. The molecule has 1 N–H and O–H groups in total. The lowest BCUT2D eigenvalue weighted by Gasteiger charge is -2.26. The first-order chi connectivity index (χ1) is 19.0. The fraction of sp³-hybridized carbons (Fsp3) is 0.485. The van der Waals surface area contributed by atoms with Crippen LogP contribution in [0.5, 0.6) is 0 Å². The highest BCUT2D eigenvalue weighted by Crippen LogP contribution is 2.21. The Labute approximate surface area is 233 Å². The molecule has 0 spiro atoms. The third kappa shape index (κ3) is 8.97. The lowest BCUT2D eigenvalue weighted by molar-refractivity contribution is -0.142. The predicted molar refractivity (Wildman–Crippen MR) is 156 cm³/mol. The van der Waals surface area contributed by atoms with E-state index in [0.29, 0.717) is 12.8 Å². The van der Waals surface area contributed by atoms with E-state index in [1.165, 1.54) is 36.2 Å². The first-order valence-corrected chi connectivity index (χ1v) is 14.5. The van der Waals surface area contributed by atoms with Crippen LogP contribution < -0.4 is 0 Å². The molecule has 0 amide bonds. The van der Waals surface area contributed by atoms with Crippen LogP contribution in [0.25, 0.3) is 11.1 Å². The van der Waals surface area contributed by atoms with Gasteiger partial charge in [0.25, 0.3) is 0 Å². The fourth-order valence-corrected chi connectivity index (χ4v) is 5.39. The van der Waals surface area contributed by atoms with E-state index in [0.717, 1.165) is 62.1 Å². The zero-order valence-corrected chi connectivity index (χ0v) is 23.5. The molecule has 2 atom stereocenters. The zero-order valence-electron chi connectivity index (χ0n) is 23.5. The van der Waals surface area contributed by atoms with Gasteiger partial charge in [-0.15, -0.1) is 0 Å². The number of rotatable bonds is 15. The standard InChI is InChI=1S/C33H43N3O3/c1-25(39-2)24-36(20-9-8-13-30-17-15-27-12-6-7-14-32(27)35-30)21-19-28(33(37)38)22-31-18-16-29(23-34-31)26-10-4-3-5-11-26/h3-5,10-11,15-18,23,25,28H,6-9,12-14,19-22,24H2,1-2H3,(H,37,38)/t25-,28-/m1/s1. The number of carboxylic acid groups (broad SMARTS) is 1. The van der Waals surface area contributed by atoms with Gasteiger partial charge in [0, 0.05) is 48.9 Å². The highest BCUT2D eigenvalue weighted by molar-refractivity contribution is 5.70. The van der Waals surface area contributed by atoms with Crippen LogP contribution >= 0.6 is 0 Å². The number of fused-ring (bicyclic) bond motifs is 1. The van der Waals surface area contributed by atoms with Crippen molar-refractivity contribution in [2.24, 2.45) is 5.92 Å². The van der Waals surface area contributed by atoms with E-state index in [1.807, 2.05) is 36.5 Å². The highest BCUT2D eigenvalue weighted by atomic mass is 16.5. The summed E-state index contributed by atoms with van der Waals surface area (Å²) in [5, 5.41) is 9.95. The smallest absolute Gasteiger partial charge is 0.306 e. The number of unbranched alkanes of at least 4 members (excludes halogenated alkanes) is 1. The SMILES string of the molecule is CO[C@H](C)CN(CCCCc1ccc2c(n1)CCCC2)CC[C@H](Cc1ccc(-c2ccccc2)cn1)C(=O)O. The van der Waals surface area contributed by atoms with Crippen molar-refractivity contribution in [3.63, 3.8) is 0 Å². The summed E-state index contributed by atoms with van der Waals surface area (Å²) >= 11 is 0. The Balaban J connectivity index is 1.28. The number of methoxy groups -OCH3 is 1. The van der Waals surface area contributed by atoms with Crippen LogP contribution in [0.15, 0.2) is 60.8 Å². The molecule has 0 fully saturated rings. The van der Waals surface area contributed by atoms with Crippen molar-refractivity contribution in [1.82, 2.24) is 14.9 Å². The number of pyridine rings is 2. The van der Waals surface area contributed by atoms with E-state index >= 15 is 0 Å². The zero-order chi connectivity index (χ0) is 27.5. The number of aryl methyl sites for hydroxylation is 3. The number of carboxylic acids is 1. The number of hydrogen-bond donors (Lipinski definition) is 1. The predicted octanol–water partition coefficient (Wildman–Crippen LogP) is 6.02. The molecule has 208 valence electrons. The number of aromatic nitrogens is 2. The molecule has 0 unspecified atom stereocenters. The number of hydrogen-bond acceptors (Lipinski definition) is 5. The van der Waals surface area contributed by atoms with E-state index in [2.05, 4.69) is 41.1 Å². The molecule has 1 aromatic carbocycles. The van der Waals surface area contributed by atoms with Gasteiger partial charge in [-0.1, -0.05) is 42.5 Å². The summed E-state index contributed by atoms with van der Waals surface area (Å²) in [5.41, 5.74) is 6.90. The minimum atomic E-state index is -0.762. The quantitative estimate of drug-likeness (QED) is 0.243. The Kier molecular flexibility index (Phi) is 11.0. The molecule has 2 heterocycles. The number of nitrogens with zero attached hydrogens (tertiary/aromatic N) is 3. The highest BCUT2D eigenvalue weighted by Gasteiger charge is 2.21. The Bertz CT molecular complexity index is 1170. The van der Waals surface area contributed by atoms with Gasteiger partial charge >= 0.3 is 5.97 Å². The van der Waals surface area contributed by atoms with Crippen LogP contribution in [0.4, 0.5) is 0 Å². The maximum Gasteiger partial charge on any atom is 0.306 e. The van der Waals surface area contributed by atoms with E-state index < -0.39 is 11.9 Å². The number of aliphatic carboxylic acids is 1. The molecule has 1 aliphatic carbocycles. The van der Waals surface area contributed by atoms with Crippen molar-refractivity contribution in [3.05, 3.63) is 83.4 Å². The van der Waals surface area contributed by atoms with Gasteiger partial charge in [-0.05, 0) is 94.6 Å². The summed E-state index contributed by atoms with van der Waals surface area (Å²) in [4.78, 5) is 24.0. The summed E-state index contributed by atoms with van der Waals surface area (Å²) in [6.45, 7) is 4.51. The van der Waals surface area contributed by atoms with Crippen LogP contribution in [-0.4, -0.2) is 58.8 Å². The normalized spacial score (nSPS) is 14.6. The minimum absolute atomic E-state index is 0.0998. The lowest BCUT2D eigenvalue weighted by Crippen LogP contribution is -2.35. The molecule has 0 radical (unpaired) electrons. The third-order valence-electron chi connectivity index (χ3n) is 7.84. The number of carbonyl (C=O) groups is 1.